The zero-order valence-electron chi connectivity index (χ0n) is 17.2. The van der Waals surface area contributed by atoms with Crippen LogP contribution in [0.3, 0.4) is 0 Å². The van der Waals surface area contributed by atoms with Gasteiger partial charge in [0, 0.05) is 27.7 Å². The van der Waals surface area contributed by atoms with Crippen LogP contribution in [0.4, 0.5) is 0 Å². The number of aromatic nitrogens is 3. The molecule has 0 spiro atoms. The van der Waals surface area contributed by atoms with Gasteiger partial charge in [0.25, 0.3) is 11.8 Å². The van der Waals surface area contributed by atoms with Crippen molar-refractivity contribution < 1.29 is 9.59 Å². The van der Waals surface area contributed by atoms with Crippen LogP contribution in [-0.2, 0) is 12.8 Å². The molecule has 4 N–H and O–H groups in total. The number of nitrogens with zero attached hydrogens (tertiary/aromatic N) is 1. The number of carbonyl (C=O) groups excluding carboxylic acids is 2. The van der Waals surface area contributed by atoms with Crippen molar-refractivity contribution in [3.8, 4) is 11.3 Å². The van der Waals surface area contributed by atoms with E-state index in [0.29, 0.717) is 17.2 Å². The molecule has 2 aromatic carbocycles. The van der Waals surface area contributed by atoms with Crippen molar-refractivity contribution in [2.75, 3.05) is 0 Å². The lowest BCUT2D eigenvalue weighted by molar-refractivity contribution is 0.0844. The molecule has 2 heterocycles. The molecular formula is C24H23N5O2. The van der Waals surface area contributed by atoms with Gasteiger partial charge >= 0.3 is 0 Å². The Morgan fingerprint density at radius 2 is 1.84 bits per heavy atom. The normalized spacial score (nSPS) is 15.5. The minimum atomic E-state index is -0.461. The summed E-state index contributed by atoms with van der Waals surface area (Å²) in [4.78, 5) is 28.5. The van der Waals surface area contributed by atoms with Crippen molar-refractivity contribution in [1.82, 2.24) is 26.0 Å². The smallest absolute Gasteiger partial charge is 0.287 e. The number of aryl methyl sites for hydroxylation is 1. The quantitative estimate of drug-likeness (QED) is 0.385. The second kappa shape index (κ2) is 7.75. The van der Waals surface area contributed by atoms with Crippen LogP contribution in [0.2, 0.25) is 0 Å². The van der Waals surface area contributed by atoms with Gasteiger partial charge in [-0.25, -0.2) is 0 Å². The van der Waals surface area contributed by atoms with Crippen LogP contribution in [0.5, 0.6) is 0 Å². The Bertz CT molecular complexity index is 1270. The largest absolute Gasteiger partial charge is 0.358 e. The van der Waals surface area contributed by atoms with E-state index in [9.17, 15) is 9.59 Å². The van der Waals surface area contributed by atoms with Crippen LogP contribution < -0.4 is 10.9 Å². The number of H-pyrrole nitrogens is 2. The number of rotatable bonds is 3. The molecule has 156 valence electrons. The molecule has 0 saturated heterocycles. The summed E-state index contributed by atoms with van der Waals surface area (Å²) in [6.45, 7) is 2.26. The molecule has 5 rings (SSSR count). The molecule has 0 radical (unpaired) electrons. The molecule has 0 fully saturated rings. The van der Waals surface area contributed by atoms with Gasteiger partial charge in [0.05, 0.1) is 5.69 Å². The maximum atomic E-state index is 12.6. The Kier molecular flexibility index (Phi) is 4.78. The fourth-order valence-electron chi connectivity index (χ4n) is 4.18. The van der Waals surface area contributed by atoms with Gasteiger partial charge in [-0.15, -0.1) is 0 Å². The molecule has 2 aromatic heterocycles. The molecule has 2 amide bonds. The molecule has 1 unspecified atom stereocenters. The highest BCUT2D eigenvalue weighted by molar-refractivity contribution is 6.01. The van der Waals surface area contributed by atoms with E-state index in [-0.39, 0.29) is 11.6 Å². The first kappa shape index (κ1) is 19.1. The average Bonchev–Trinajstić information content (AvgIpc) is 3.42. The third-order valence-electron chi connectivity index (χ3n) is 5.88. The second-order valence-corrected chi connectivity index (χ2v) is 8.13. The second-order valence-electron chi connectivity index (χ2n) is 8.13. The number of aromatic amines is 2. The molecule has 1 aliphatic rings. The summed E-state index contributed by atoms with van der Waals surface area (Å²) in [5, 5.41) is 7.96. The molecule has 0 bridgehead atoms. The molecule has 7 nitrogen and oxygen atoms in total. The van der Waals surface area contributed by atoms with Gasteiger partial charge in [-0.05, 0) is 55.0 Å². The zero-order chi connectivity index (χ0) is 21.4. The zero-order valence-corrected chi connectivity index (χ0v) is 17.2. The fourth-order valence-corrected chi connectivity index (χ4v) is 4.18. The van der Waals surface area contributed by atoms with Gasteiger partial charge in [-0.3, -0.25) is 25.5 Å². The van der Waals surface area contributed by atoms with Crippen LogP contribution in [0.15, 0.2) is 54.6 Å². The molecule has 4 aromatic rings. The molecular weight excluding hydrogens is 390 g/mol. The topological polar surface area (TPSA) is 103 Å². The summed E-state index contributed by atoms with van der Waals surface area (Å²) in [7, 11) is 0. The lowest BCUT2D eigenvalue weighted by atomic mass is 9.87. The van der Waals surface area contributed by atoms with E-state index >= 15 is 0 Å². The number of carbonyl (C=O) groups is 2. The fraction of sp³-hybridized carbons (Fsp3) is 0.208. The van der Waals surface area contributed by atoms with Crippen LogP contribution in [0.1, 0.15) is 45.4 Å². The van der Waals surface area contributed by atoms with Gasteiger partial charge in [0.15, 0.2) is 0 Å². The first-order valence-electron chi connectivity index (χ1n) is 10.4. The Morgan fingerprint density at radius 3 is 2.68 bits per heavy atom. The predicted octanol–water partition coefficient (Wildman–Crippen LogP) is 3.76. The van der Waals surface area contributed by atoms with E-state index in [0.717, 1.165) is 29.3 Å². The Hall–Kier alpha value is -3.87. The van der Waals surface area contributed by atoms with E-state index in [2.05, 4.69) is 33.0 Å². The van der Waals surface area contributed by atoms with Crippen LogP contribution in [0.25, 0.3) is 22.2 Å². The SMILES string of the molecule is CC1CCc2[nH]c3ccc(C(=O)NNC(=O)c4cc(-c5ccccc5)n[nH]4)cc3c2C1. The van der Waals surface area contributed by atoms with Crippen LogP contribution in [0, 0.1) is 5.92 Å². The van der Waals surface area contributed by atoms with E-state index in [4.69, 9.17) is 0 Å². The van der Waals surface area contributed by atoms with E-state index < -0.39 is 5.91 Å². The van der Waals surface area contributed by atoms with Crippen molar-refractivity contribution in [3.63, 3.8) is 0 Å². The highest BCUT2D eigenvalue weighted by Gasteiger charge is 2.21. The molecule has 0 saturated carbocycles. The summed E-state index contributed by atoms with van der Waals surface area (Å²) in [5.74, 6) is -0.188. The lowest BCUT2D eigenvalue weighted by Gasteiger charge is -2.18. The molecule has 7 heteroatoms. The van der Waals surface area contributed by atoms with Gasteiger partial charge in [0.1, 0.15) is 5.69 Å². The molecule has 1 aliphatic carbocycles. The number of hydrogen-bond acceptors (Lipinski definition) is 3. The molecule has 31 heavy (non-hydrogen) atoms. The van der Waals surface area contributed by atoms with Gasteiger partial charge < -0.3 is 4.98 Å². The summed E-state index contributed by atoms with van der Waals surface area (Å²) in [6.07, 6.45) is 3.23. The van der Waals surface area contributed by atoms with E-state index in [1.807, 2.05) is 42.5 Å². The third-order valence-corrected chi connectivity index (χ3v) is 5.88. The average molecular weight is 413 g/mol. The van der Waals surface area contributed by atoms with Crippen molar-refractivity contribution in [2.45, 2.75) is 26.2 Å². The maximum Gasteiger partial charge on any atom is 0.287 e. The highest BCUT2D eigenvalue weighted by atomic mass is 16.2. The van der Waals surface area contributed by atoms with E-state index in [1.165, 1.54) is 17.7 Å². The number of amides is 2. The number of benzene rings is 2. The molecule has 1 atom stereocenters. The van der Waals surface area contributed by atoms with Crippen molar-refractivity contribution >= 4 is 22.7 Å². The Labute approximate surface area is 179 Å². The Morgan fingerprint density at radius 1 is 1.03 bits per heavy atom. The Balaban J connectivity index is 1.28. The van der Waals surface area contributed by atoms with Crippen molar-refractivity contribution in [3.05, 3.63) is 77.1 Å². The van der Waals surface area contributed by atoms with Crippen molar-refractivity contribution in [2.24, 2.45) is 5.92 Å². The van der Waals surface area contributed by atoms with Crippen LogP contribution in [-0.4, -0.2) is 27.0 Å². The first-order chi connectivity index (χ1) is 15.1. The number of fused-ring (bicyclic) bond motifs is 3. The van der Waals surface area contributed by atoms with Crippen LogP contribution >= 0.6 is 0 Å². The first-order valence-corrected chi connectivity index (χ1v) is 10.4. The third kappa shape index (κ3) is 3.70. The predicted molar refractivity (Wildman–Crippen MR) is 118 cm³/mol. The number of hydrogen-bond donors (Lipinski definition) is 4. The summed E-state index contributed by atoms with van der Waals surface area (Å²) >= 11 is 0. The highest BCUT2D eigenvalue weighted by Crippen LogP contribution is 2.32. The van der Waals surface area contributed by atoms with Gasteiger partial charge in [0.2, 0.25) is 0 Å². The number of hydrazine groups is 1. The minimum Gasteiger partial charge on any atom is -0.358 e. The number of nitrogens with one attached hydrogen (secondary N) is 4. The van der Waals surface area contributed by atoms with Crippen molar-refractivity contribution in [1.29, 1.82) is 0 Å². The lowest BCUT2D eigenvalue weighted by Crippen LogP contribution is -2.41. The summed E-state index contributed by atoms with van der Waals surface area (Å²) in [5.41, 5.74) is 10.9. The summed E-state index contributed by atoms with van der Waals surface area (Å²) in [6, 6.07) is 16.8. The van der Waals surface area contributed by atoms with E-state index in [1.54, 1.807) is 12.1 Å². The minimum absolute atomic E-state index is 0.267. The monoisotopic (exact) mass is 413 g/mol. The summed E-state index contributed by atoms with van der Waals surface area (Å²) < 4.78 is 0. The van der Waals surface area contributed by atoms with Gasteiger partial charge in [-0.1, -0.05) is 37.3 Å². The standard InChI is InChI=1S/C24H23N5O2/c1-14-7-9-19-17(11-14)18-12-16(8-10-20(18)25-19)23(30)28-29-24(31)22-13-21(26-27-22)15-5-3-2-4-6-15/h2-6,8,10,12-14,25H,7,9,11H2,1H3,(H,26,27)(H,28,30)(H,29,31). The molecule has 0 aliphatic heterocycles. The van der Waals surface area contributed by atoms with Gasteiger partial charge in [-0.2, -0.15) is 5.10 Å². The maximum absolute atomic E-state index is 12.6.